The zero-order valence-electron chi connectivity index (χ0n) is 15.2. The molecule has 1 fully saturated rings. The van der Waals surface area contributed by atoms with Gasteiger partial charge in [-0.2, -0.15) is 10.4 Å². The van der Waals surface area contributed by atoms with Crippen LogP contribution in [0.2, 0.25) is 0 Å². The summed E-state index contributed by atoms with van der Waals surface area (Å²) in [5.74, 6) is 1.30. The first-order chi connectivity index (χ1) is 13.1. The first-order valence-corrected chi connectivity index (χ1v) is 8.80. The molecule has 136 valence electrons. The van der Waals surface area contributed by atoms with Gasteiger partial charge in [0.25, 0.3) is 0 Å². The maximum atomic E-state index is 13.3. The van der Waals surface area contributed by atoms with Crippen molar-refractivity contribution in [3.63, 3.8) is 0 Å². The van der Waals surface area contributed by atoms with Gasteiger partial charge in [-0.25, -0.2) is 0 Å². The molecular weight excluding hydrogens is 342 g/mol. The Hall–Kier alpha value is -3.47. The average molecular weight is 361 g/mol. The van der Waals surface area contributed by atoms with E-state index in [0.717, 1.165) is 24.1 Å². The van der Waals surface area contributed by atoms with Gasteiger partial charge in [-0.1, -0.05) is 12.1 Å². The average Bonchev–Trinajstić information content (AvgIpc) is 3.28. The van der Waals surface area contributed by atoms with Crippen molar-refractivity contribution < 1.29 is 4.79 Å². The highest BCUT2D eigenvalue weighted by atomic mass is 16.2. The van der Waals surface area contributed by atoms with E-state index in [1.165, 1.54) is 0 Å². The Morgan fingerprint density at radius 2 is 2.15 bits per heavy atom. The molecule has 1 atom stereocenters. The van der Waals surface area contributed by atoms with Crippen LogP contribution >= 0.6 is 0 Å². The number of hydrogen-bond acceptors (Lipinski definition) is 5. The van der Waals surface area contributed by atoms with E-state index in [1.807, 2.05) is 36.9 Å². The monoisotopic (exact) mass is 361 g/mol. The van der Waals surface area contributed by atoms with Crippen LogP contribution in [-0.4, -0.2) is 37.0 Å². The van der Waals surface area contributed by atoms with Crippen molar-refractivity contribution >= 4 is 11.6 Å². The maximum Gasteiger partial charge on any atom is 0.250 e. The lowest BCUT2D eigenvalue weighted by Gasteiger charge is -2.32. The number of benzene rings is 1. The molecule has 3 aromatic rings. The summed E-state index contributed by atoms with van der Waals surface area (Å²) in [6.45, 7) is 2.52. The molecule has 0 bridgehead atoms. The Morgan fingerprint density at radius 1 is 1.30 bits per heavy atom. The van der Waals surface area contributed by atoms with Crippen LogP contribution in [0.5, 0.6) is 0 Å². The third kappa shape index (κ3) is 2.97. The van der Waals surface area contributed by atoms with Crippen LogP contribution in [0.3, 0.4) is 0 Å². The Labute approximate surface area is 156 Å². The van der Waals surface area contributed by atoms with Gasteiger partial charge in [-0.3, -0.25) is 14.0 Å². The molecule has 1 aliphatic rings. The molecule has 3 heterocycles. The normalized spacial score (nSPS) is 17.1. The highest BCUT2D eigenvalue weighted by molar-refractivity contribution is 5.97. The van der Waals surface area contributed by atoms with E-state index in [4.69, 9.17) is 0 Å². The van der Waals surface area contributed by atoms with Crippen molar-refractivity contribution in [2.45, 2.75) is 25.8 Å². The number of nitrogens with zero attached hydrogens (tertiary/aromatic N) is 7. The minimum absolute atomic E-state index is 0.00911. The fourth-order valence-electron chi connectivity index (χ4n) is 3.57. The summed E-state index contributed by atoms with van der Waals surface area (Å²) in [4.78, 5) is 15.0. The number of nitriles is 1. The van der Waals surface area contributed by atoms with Gasteiger partial charge >= 0.3 is 0 Å². The standard InChI is InChI=1S/C19H19N7O/c1-13-22-23-18(15-6-3-5-14(9-15)10-20)26(13)17-7-4-8-25(19(17)27)16-11-21-24(2)12-16/h3,5-6,9,11-12,17H,4,7-8H2,1-2H3. The molecule has 4 rings (SSSR count). The zero-order valence-corrected chi connectivity index (χ0v) is 15.2. The van der Waals surface area contributed by atoms with E-state index in [1.54, 1.807) is 27.9 Å². The molecule has 1 saturated heterocycles. The summed E-state index contributed by atoms with van der Waals surface area (Å²) in [7, 11) is 1.83. The predicted octanol–water partition coefficient (Wildman–Crippen LogP) is 2.23. The summed E-state index contributed by atoms with van der Waals surface area (Å²) in [6, 6.07) is 8.97. The molecule has 2 aromatic heterocycles. The summed E-state index contributed by atoms with van der Waals surface area (Å²) in [6.07, 6.45) is 5.15. The third-order valence-electron chi connectivity index (χ3n) is 4.84. The van der Waals surface area contributed by atoms with Crippen LogP contribution in [0.25, 0.3) is 11.4 Å². The number of aromatic nitrogens is 5. The number of carbonyl (C=O) groups is 1. The third-order valence-corrected chi connectivity index (χ3v) is 4.84. The molecule has 1 aromatic carbocycles. The van der Waals surface area contributed by atoms with Gasteiger partial charge < -0.3 is 4.90 Å². The van der Waals surface area contributed by atoms with E-state index in [2.05, 4.69) is 21.4 Å². The second-order valence-electron chi connectivity index (χ2n) is 6.65. The van der Waals surface area contributed by atoms with Crippen LogP contribution in [-0.2, 0) is 11.8 Å². The first-order valence-electron chi connectivity index (χ1n) is 8.80. The van der Waals surface area contributed by atoms with Gasteiger partial charge in [0.15, 0.2) is 5.82 Å². The SMILES string of the molecule is Cc1nnc(-c2cccc(C#N)c2)n1C1CCCN(c2cnn(C)c2)C1=O. The summed E-state index contributed by atoms with van der Waals surface area (Å²) < 4.78 is 3.58. The van der Waals surface area contributed by atoms with Crippen LogP contribution in [0.15, 0.2) is 36.7 Å². The molecule has 0 spiro atoms. The minimum atomic E-state index is -0.380. The van der Waals surface area contributed by atoms with Gasteiger partial charge in [0, 0.05) is 25.4 Å². The minimum Gasteiger partial charge on any atom is -0.308 e. The van der Waals surface area contributed by atoms with Gasteiger partial charge in [0.1, 0.15) is 11.9 Å². The van der Waals surface area contributed by atoms with Gasteiger partial charge in [-0.05, 0) is 31.9 Å². The molecule has 0 saturated carbocycles. The zero-order chi connectivity index (χ0) is 19.0. The highest BCUT2D eigenvalue weighted by Crippen LogP contribution is 2.31. The Balaban J connectivity index is 1.74. The number of rotatable bonds is 3. The van der Waals surface area contributed by atoms with Crippen molar-refractivity contribution in [1.29, 1.82) is 5.26 Å². The molecular formula is C19H19N7O. The summed E-state index contributed by atoms with van der Waals surface area (Å²) in [5.41, 5.74) is 2.12. The van der Waals surface area contributed by atoms with E-state index in [-0.39, 0.29) is 11.9 Å². The molecule has 8 nitrogen and oxygen atoms in total. The molecule has 8 heteroatoms. The quantitative estimate of drug-likeness (QED) is 0.713. The summed E-state index contributed by atoms with van der Waals surface area (Å²) >= 11 is 0. The van der Waals surface area contributed by atoms with Gasteiger partial charge in [0.05, 0.1) is 23.5 Å². The number of hydrogen-bond donors (Lipinski definition) is 0. The van der Waals surface area contributed by atoms with Crippen LogP contribution < -0.4 is 4.90 Å². The molecule has 0 N–H and O–H groups in total. The highest BCUT2D eigenvalue weighted by Gasteiger charge is 2.34. The predicted molar refractivity (Wildman–Crippen MR) is 98.7 cm³/mol. The van der Waals surface area contributed by atoms with Crippen molar-refractivity contribution in [2.75, 3.05) is 11.4 Å². The number of carbonyl (C=O) groups excluding carboxylic acids is 1. The van der Waals surface area contributed by atoms with Gasteiger partial charge in [-0.15, -0.1) is 10.2 Å². The lowest BCUT2D eigenvalue weighted by molar-refractivity contribution is -0.123. The van der Waals surface area contributed by atoms with Crippen molar-refractivity contribution in [3.05, 3.63) is 48.0 Å². The summed E-state index contributed by atoms with van der Waals surface area (Å²) in [5, 5.41) is 21.8. The second kappa shape index (κ2) is 6.68. The molecule has 0 radical (unpaired) electrons. The lowest BCUT2D eigenvalue weighted by Crippen LogP contribution is -2.42. The Morgan fingerprint density at radius 3 is 2.89 bits per heavy atom. The second-order valence-corrected chi connectivity index (χ2v) is 6.65. The molecule has 1 amide bonds. The van der Waals surface area contributed by atoms with E-state index in [0.29, 0.717) is 23.8 Å². The number of amides is 1. The first kappa shape index (κ1) is 17.0. The Bertz CT molecular complexity index is 1040. The van der Waals surface area contributed by atoms with Crippen molar-refractivity contribution in [3.8, 4) is 17.5 Å². The van der Waals surface area contributed by atoms with E-state index >= 15 is 0 Å². The van der Waals surface area contributed by atoms with Crippen molar-refractivity contribution in [2.24, 2.45) is 7.05 Å². The Kier molecular flexibility index (Phi) is 4.20. The lowest BCUT2D eigenvalue weighted by atomic mass is 10.0. The molecule has 27 heavy (non-hydrogen) atoms. The van der Waals surface area contributed by atoms with E-state index in [9.17, 15) is 10.1 Å². The molecule has 0 aliphatic carbocycles. The van der Waals surface area contributed by atoms with Crippen molar-refractivity contribution in [1.82, 2.24) is 24.5 Å². The van der Waals surface area contributed by atoms with Gasteiger partial charge in [0.2, 0.25) is 5.91 Å². The van der Waals surface area contributed by atoms with Crippen LogP contribution in [0, 0.1) is 18.3 Å². The topological polar surface area (TPSA) is 92.6 Å². The molecule has 1 unspecified atom stereocenters. The van der Waals surface area contributed by atoms with Crippen LogP contribution in [0.1, 0.15) is 30.3 Å². The largest absolute Gasteiger partial charge is 0.308 e. The maximum absolute atomic E-state index is 13.3. The number of aryl methyl sites for hydroxylation is 2. The smallest absolute Gasteiger partial charge is 0.250 e. The van der Waals surface area contributed by atoms with Crippen LogP contribution in [0.4, 0.5) is 5.69 Å². The molecule has 1 aliphatic heterocycles. The number of anilines is 1. The number of piperidine rings is 1. The fraction of sp³-hybridized carbons (Fsp3) is 0.316. The fourth-order valence-corrected chi connectivity index (χ4v) is 3.57. The van der Waals surface area contributed by atoms with E-state index < -0.39 is 0 Å².